The van der Waals surface area contributed by atoms with E-state index in [0.717, 1.165) is 37.8 Å². The van der Waals surface area contributed by atoms with Gasteiger partial charge in [0.2, 0.25) is 5.95 Å². The highest BCUT2D eigenvalue weighted by atomic mass is 16.3. The maximum Gasteiger partial charge on any atom is 0.203 e. The molecule has 0 atom stereocenters. The minimum absolute atomic E-state index is 0.0285. The van der Waals surface area contributed by atoms with Crippen LogP contribution in [-0.4, -0.2) is 53.2 Å². The Morgan fingerprint density at radius 1 is 1.43 bits per heavy atom. The quantitative estimate of drug-likeness (QED) is 0.679. The molecule has 0 unspecified atom stereocenters. The molecular formula is C9H16N4O. The molecule has 1 aromatic heterocycles. The van der Waals surface area contributed by atoms with Crippen molar-refractivity contribution in [3.63, 3.8) is 0 Å². The van der Waals surface area contributed by atoms with Crippen LogP contribution in [0.3, 0.4) is 0 Å². The van der Waals surface area contributed by atoms with E-state index in [1.165, 1.54) is 0 Å². The fourth-order valence-electron chi connectivity index (χ4n) is 1.61. The average molecular weight is 196 g/mol. The molecule has 5 nitrogen and oxygen atoms in total. The van der Waals surface area contributed by atoms with Crippen LogP contribution in [0.2, 0.25) is 0 Å². The van der Waals surface area contributed by atoms with Gasteiger partial charge in [0.1, 0.15) is 0 Å². The zero-order valence-corrected chi connectivity index (χ0v) is 8.40. The molecule has 2 rings (SSSR count). The van der Waals surface area contributed by atoms with Crippen LogP contribution in [0.1, 0.15) is 5.69 Å². The van der Waals surface area contributed by atoms with Gasteiger partial charge < -0.3 is 19.9 Å². The van der Waals surface area contributed by atoms with Crippen LogP contribution in [0.5, 0.6) is 0 Å². The standard InChI is InChI=1S/C9H16N4O/c1-12-2-4-13(5-3-12)9-10-6-8(7-14)11-9/h6,14H,2-5,7H2,1H3,(H,10,11). The summed E-state index contributed by atoms with van der Waals surface area (Å²) in [7, 11) is 2.12. The highest BCUT2D eigenvalue weighted by molar-refractivity contribution is 5.31. The summed E-state index contributed by atoms with van der Waals surface area (Å²) in [4.78, 5) is 11.8. The molecule has 0 spiro atoms. The molecule has 0 radical (unpaired) electrons. The van der Waals surface area contributed by atoms with Crippen LogP contribution in [0.4, 0.5) is 5.95 Å². The third kappa shape index (κ3) is 1.88. The van der Waals surface area contributed by atoms with Gasteiger partial charge in [-0.1, -0.05) is 0 Å². The Kier molecular flexibility index (Phi) is 2.69. The fourth-order valence-corrected chi connectivity index (χ4v) is 1.61. The van der Waals surface area contributed by atoms with E-state index in [0.29, 0.717) is 0 Å². The minimum atomic E-state index is 0.0285. The van der Waals surface area contributed by atoms with Crippen molar-refractivity contribution in [2.45, 2.75) is 6.61 Å². The number of imidazole rings is 1. The summed E-state index contributed by atoms with van der Waals surface area (Å²) in [5.41, 5.74) is 0.777. The van der Waals surface area contributed by atoms with Crippen molar-refractivity contribution in [1.29, 1.82) is 0 Å². The summed E-state index contributed by atoms with van der Waals surface area (Å²) < 4.78 is 0. The normalized spacial score (nSPS) is 18.9. The molecule has 5 heteroatoms. The first-order valence-corrected chi connectivity index (χ1v) is 4.88. The topological polar surface area (TPSA) is 55.4 Å². The van der Waals surface area contributed by atoms with Crippen LogP contribution in [0.25, 0.3) is 0 Å². The molecule has 0 amide bonds. The molecule has 0 aromatic carbocycles. The number of hydrogen-bond acceptors (Lipinski definition) is 4. The van der Waals surface area contributed by atoms with Crippen molar-refractivity contribution in [2.24, 2.45) is 0 Å². The lowest BCUT2D eigenvalue weighted by Crippen LogP contribution is -2.44. The van der Waals surface area contributed by atoms with Crippen molar-refractivity contribution >= 4 is 5.95 Å². The highest BCUT2D eigenvalue weighted by Crippen LogP contribution is 2.11. The molecule has 1 fully saturated rings. The Morgan fingerprint density at radius 3 is 2.71 bits per heavy atom. The van der Waals surface area contributed by atoms with E-state index in [1.54, 1.807) is 6.20 Å². The van der Waals surface area contributed by atoms with Gasteiger partial charge in [0.15, 0.2) is 0 Å². The van der Waals surface area contributed by atoms with E-state index in [-0.39, 0.29) is 6.61 Å². The molecule has 2 heterocycles. The van der Waals surface area contributed by atoms with Gasteiger partial charge >= 0.3 is 0 Å². The van der Waals surface area contributed by atoms with Gasteiger partial charge in [0, 0.05) is 26.2 Å². The van der Waals surface area contributed by atoms with E-state index in [2.05, 4.69) is 26.8 Å². The molecule has 0 saturated carbocycles. The number of hydrogen-bond donors (Lipinski definition) is 2. The summed E-state index contributed by atoms with van der Waals surface area (Å²) in [5, 5.41) is 8.89. The number of aromatic amines is 1. The predicted molar refractivity (Wildman–Crippen MR) is 54.2 cm³/mol. The molecule has 0 bridgehead atoms. The van der Waals surface area contributed by atoms with Crippen LogP contribution in [0, 0.1) is 0 Å². The average Bonchev–Trinajstić information content (AvgIpc) is 2.67. The number of aromatic nitrogens is 2. The summed E-state index contributed by atoms with van der Waals surface area (Å²) in [6, 6.07) is 0. The van der Waals surface area contributed by atoms with Crippen LogP contribution >= 0.6 is 0 Å². The van der Waals surface area contributed by atoms with Gasteiger partial charge in [0.05, 0.1) is 18.5 Å². The van der Waals surface area contributed by atoms with Crippen molar-refractivity contribution < 1.29 is 5.11 Å². The van der Waals surface area contributed by atoms with Gasteiger partial charge in [-0.2, -0.15) is 0 Å². The molecule has 0 aliphatic carbocycles. The third-order valence-corrected chi connectivity index (χ3v) is 2.59. The minimum Gasteiger partial charge on any atom is -0.390 e. The van der Waals surface area contributed by atoms with Crippen molar-refractivity contribution in [2.75, 3.05) is 38.1 Å². The fraction of sp³-hybridized carbons (Fsp3) is 0.667. The summed E-state index contributed by atoms with van der Waals surface area (Å²) in [6.07, 6.45) is 1.69. The Hall–Kier alpha value is -1.07. The second kappa shape index (κ2) is 3.98. The van der Waals surface area contributed by atoms with Crippen molar-refractivity contribution in [1.82, 2.24) is 14.9 Å². The molecule has 1 aliphatic heterocycles. The number of aliphatic hydroxyl groups is 1. The first-order chi connectivity index (χ1) is 6.79. The Labute approximate surface area is 83.4 Å². The van der Waals surface area contributed by atoms with Crippen LogP contribution < -0.4 is 4.90 Å². The summed E-state index contributed by atoms with van der Waals surface area (Å²) >= 11 is 0. The molecule has 78 valence electrons. The zero-order valence-electron chi connectivity index (χ0n) is 8.40. The molecular weight excluding hydrogens is 180 g/mol. The molecule has 2 N–H and O–H groups in total. The molecule has 14 heavy (non-hydrogen) atoms. The number of aliphatic hydroxyl groups excluding tert-OH is 1. The van der Waals surface area contributed by atoms with E-state index >= 15 is 0 Å². The third-order valence-electron chi connectivity index (χ3n) is 2.59. The highest BCUT2D eigenvalue weighted by Gasteiger charge is 2.16. The number of anilines is 1. The largest absolute Gasteiger partial charge is 0.390 e. The molecule has 1 aliphatic rings. The Balaban J connectivity index is 2.01. The lowest BCUT2D eigenvalue weighted by atomic mass is 10.3. The SMILES string of the molecule is CN1CCN(c2ncc(CO)[nH]2)CC1. The first kappa shape index (κ1) is 9.48. The predicted octanol–water partition coefficient (Wildman–Crippen LogP) is -0.346. The summed E-state index contributed by atoms with van der Waals surface area (Å²) in [6.45, 7) is 4.15. The van der Waals surface area contributed by atoms with E-state index in [4.69, 9.17) is 5.11 Å². The second-order valence-electron chi connectivity index (χ2n) is 3.68. The van der Waals surface area contributed by atoms with E-state index in [9.17, 15) is 0 Å². The van der Waals surface area contributed by atoms with Gasteiger partial charge in [-0.25, -0.2) is 4.98 Å². The van der Waals surface area contributed by atoms with Gasteiger partial charge in [-0.15, -0.1) is 0 Å². The first-order valence-electron chi connectivity index (χ1n) is 4.88. The number of nitrogens with one attached hydrogen (secondary N) is 1. The maximum absolute atomic E-state index is 8.89. The zero-order chi connectivity index (χ0) is 9.97. The van der Waals surface area contributed by atoms with Crippen molar-refractivity contribution in [3.8, 4) is 0 Å². The van der Waals surface area contributed by atoms with Crippen LogP contribution in [0.15, 0.2) is 6.20 Å². The number of rotatable bonds is 2. The van der Waals surface area contributed by atoms with Crippen molar-refractivity contribution in [3.05, 3.63) is 11.9 Å². The van der Waals surface area contributed by atoms with E-state index in [1.807, 2.05) is 0 Å². The molecule has 1 saturated heterocycles. The van der Waals surface area contributed by atoms with Gasteiger partial charge in [-0.05, 0) is 7.05 Å². The maximum atomic E-state index is 8.89. The Bertz CT molecular complexity index is 291. The number of likely N-dealkylation sites (N-methyl/N-ethyl adjacent to an activating group) is 1. The van der Waals surface area contributed by atoms with Gasteiger partial charge in [0.25, 0.3) is 0 Å². The second-order valence-corrected chi connectivity index (χ2v) is 3.68. The Morgan fingerprint density at radius 2 is 2.14 bits per heavy atom. The smallest absolute Gasteiger partial charge is 0.203 e. The molecule has 1 aromatic rings. The number of piperazine rings is 1. The lowest BCUT2D eigenvalue weighted by molar-refractivity contribution is 0.277. The number of H-pyrrole nitrogens is 1. The van der Waals surface area contributed by atoms with E-state index < -0.39 is 0 Å². The monoisotopic (exact) mass is 196 g/mol. The van der Waals surface area contributed by atoms with Crippen LogP contribution in [-0.2, 0) is 6.61 Å². The summed E-state index contributed by atoms with van der Waals surface area (Å²) in [5.74, 6) is 0.877. The lowest BCUT2D eigenvalue weighted by Gasteiger charge is -2.32. The van der Waals surface area contributed by atoms with Gasteiger partial charge in [-0.3, -0.25) is 0 Å². The number of nitrogens with zero attached hydrogens (tertiary/aromatic N) is 3.